The SMILES string of the molecule is CC[Si](CC)(CC)O[C@@H]1/C(C)=C/[C@@H](C)[C@H](O)C[C@@H]([C@H](C)C[C@@H]2CC[C@@H](O)[C@H](OC)C2)OC(=O)[C@@H]2CCCCN2C(=O)C(=O)[C@]2(O)O[C@@H](CC[C@H]2C)C[C@H](OC)/C(C)=C/C=C/C=C/[C@@H](C)C[C@@H](C)/C(=N/OCC(=O)O)[C@@H]1OC. The molecule has 0 radical (unpaired) electrons. The van der Waals surface area contributed by atoms with Gasteiger partial charge in [-0.25, -0.2) is 9.59 Å². The van der Waals surface area contributed by atoms with Crippen molar-refractivity contribution in [3.63, 3.8) is 0 Å². The third-order valence-corrected chi connectivity index (χ3v) is 22.0. The number of nitrogens with zero attached hydrogens (tertiary/aromatic N) is 2. The highest BCUT2D eigenvalue weighted by Crippen LogP contribution is 2.39. The van der Waals surface area contributed by atoms with E-state index in [2.05, 4.69) is 38.9 Å². The van der Waals surface area contributed by atoms with Crippen LogP contribution in [-0.4, -0.2) is 158 Å². The lowest BCUT2D eigenvalue weighted by Crippen LogP contribution is -2.61. The van der Waals surface area contributed by atoms with Gasteiger partial charge in [-0.2, -0.15) is 0 Å². The molecule has 2 saturated heterocycles. The Kier molecular flexibility index (Phi) is 26.9. The molecule has 1 aliphatic carbocycles. The van der Waals surface area contributed by atoms with Crippen LogP contribution < -0.4 is 0 Å². The second kappa shape index (κ2) is 31.4. The number of carboxylic acid groups (broad SMARTS) is 1. The third-order valence-electron chi connectivity index (χ3n) is 17.3. The van der Waals surface area contributed by atoms with E-state index in [9.17, 15) is 39.6 Å². The van der Waals surface area contributed by atoms with Gasteiger partial charge in [0.15, 0.2) is 8.32 Å². The van der Waals surface area contributed by atoms with Crippen LogP contribution >= 0.6 is 0 Å². The van der Waals surface area contributed by atoms with Crippen LogP contribution in [0, 0.1) is 35.5 Å². The van der Waals surface area contributed by atoms with Crippen molar-refractivity contribution in [3.05, 3.63) is 47.6 Å². The highest BCUT2D eigenvalue weighted by molar-refractivity contribution is 6.73. The number of aliphatic carboxylic acids is 1. The number of piperidine rings is 1. The number of fused-ring (bicyclic) bond motifs is 3. The largest absolute Gasteiger partial charge is 0.479 e. The lowest BCUT2D eigenvalue weighted by Gasteiger charge is -2.43. The molecule has 0 aromatic rings. The number of carbonyl (C=O) groups excluding carboxylic acids is 3. The molecule has 3 fully saturated rings. The smallest absolute Gasteiger partial charge is 0.344 e. The Balaban J connectivity index is 1.86. The minimum atomic E-state index is -2.43. The van der Waals surface area contributed by atoms with E-state index in [4.69, 9.17) is 32.9 Å². The van der Waals surface area contributed by atoms with Crippen LogP contribution in [0.1, 0.15) is 146 Å². The first-order valence-corrected chi connectivity index (χ1v) is 31.2. The summed E-state index contributed by atoms with van der Waals surface area (Å²) in [5.41, 5.74) is 2.15. The molecule has 0 aromatic heterocycles. The third kappa shape index (κ3) is 18.2. The number of amides is 1. The molecule has 16 atom stereocenters. The zero-order valence-corrected chi connectivity index (χ0v) is 49.8. The average Bonchev–Trinajstić information content (AvgIpc) is 3.40. The molecule has 1 saturated carbocycles. The molecule has 4 N–H and O–H groups in total. The Morgan fingerprint density at radius 3 is 2.18 bits per heavy atom. The number of ether oxygens (including phenoxy) is 5. The molecule has 0 aromatic carbocycles. The number of ketones is 1. The average molecular weight is 1100 g/mol. The van der Waals surface area contributed by atoms with Gasteiger partial charge in [0.2, 0.25) is 12.4 Å². The highest BCUT2D eigenvalue weighted by atomic mass is 28.4. The summed E-state index contributed by atoms with van der Waals surface area (Å²) in [6.45, 7) is 19.4. The van der Waals surface area contributed by atoms with Crippen LogP contribution in [0.25, 0.3) is 0 Å². The van der Waals surface area contributed by atoms with Crippen molar-refractivity contribution >= 4 is 37.7 Å². The van der Waals surface area contributed by atoms with Crippen molar-refractivity contribution in [2.75, 3.05) is 34.5 Å². The number of Topliss-reactive ketones (excluding diaryl/α,β-unsaturated/α-hetero) is 1. The summed E-state index contributed by atoms with van der Waals surface area (Å²) in [6.07, 6.45) is 12.2. The minimum Gasteiger partial charge on any atom is -0.479 e. The summed E-state index contributed by atoms with van der Waals surface area (Å²) in [4.78, 5) is 62.1. The molecule has 4 aliphatic rings. The van der Waals surface area contributed by atoms with Crippen LogP contribution in [0.15, 0.2) is 52.8 Å². The second-order valence-corrected chi connectivity index (χ2v) is 27.6. The number of hydrogen-bond donors (Lipinski definition) is 4. The summed E-state index contributed by atoms with van der Waals surface area (Å²) < 4.78 is 38.0. The maximum atomic E-state index is 14.7. The van der Waals surface area contributed by atoms with Crippen LogP contribution in [-0.2, 0) is 52.1 Å². The van der Waals surface area contributed by atoms with Gasteiger partial charge in [0.1, 0.15) is 18.2 Å². The Morgan fingerprint density at radius 1 is 0.844 bits per heavy atom. The lowest BCUT2D eigenvalue weighted by molar-refractivity contribution is -0.265. The van der Waals surface area contributed by atoms with E-state index in [1.807, 2.05) is 65.0 Å². The number of rotatable bonds is 14. The molecule has 3 aliphatic heterocycles. The van der Waals surface area contributed by atoms with Gasteiger partial charge in [0.05, 0.1) is 42.3 Å². The van der Waals surface area contributed by atoms with Crippen LogP contribution in [0.5, 0.6) is 0 Å². The minimum absolute atomic E-state index is 0.0294. The summed E-state index contributed by atoms with van der Waals surface area (Å²) in [7, 11) is 2.36. The van der Waals surface area contributed by atoms with E-state index < -0.39 is 105 Å². The molecule has 0 spiro atoms. The van der Waals surface area contributed by atoms with E-state index in [0.29, 0.717) is 63.5 Å². The van der Waals surface area contributed by atoms with Crippen molar-refractivity contribution in [2.45, 2.75) is 225 Å². The normalized spacial score (nSPS) is 37.6. The number of allylic oxidation sites excluding steroid dienone is 5. The first kappa shape index (κ1) is 65.9. The molecule has 17 nitrogen and oxygen atoms in total. The molecule has 2 bridgehead atoms. The number of aliphatic hydroxyl groups excluding tert-OH is 2. The Morgan fingerprint density at radius 2 is 1.55 bits per heavy atom. The molecular formula is C59H98N2O15Si. The van der Waals surface area contributed by atoms with Gasteiger partial charge in [-0.15, -0.1) is 0 Å². The van der Waals surface area contributed by atoms with Crippen LogP contribution in [0.2, 0.25) is 18.1 Å². The zero-order valence-electron chi connectivity index (χ0n) is 48.8. The van der Waals surface area contributed by atoms with Crippen molar-refractivity contribution in [1.82, 2.24) is 4.90 Å². The fourth-order valence-electron chi connectivity index (χ4n) is 12.0. The Labute approximate surface area is 461 Å². The fourth-order valence-corrected chi connectivity index (χ4v) is 14.8. The molecule has 1 amide bonds. The van der Waals surface area contributed by atoms with Crippen molar-refractivity contribution < 1.29 is 72.6 Å². The summed E-state index contributed by atoms with van der Waals surface area (Å²) in [5, 5.41) is 49.2. The maximum Gasteiger partial charge on any atom is 0.344 e. The first-order valence-electron chi connectivity index (χ1n) is 28.7. The van der Waals surface area contributed by atoms with Gasteiger partial charge in [-0.1, -0.05) is 97.0 Å². The van der Waals surface area contributed by atoms with E-state index in [-0.39, 0.29) is 49.2 Å². The van der Waals surface area contributed by atoms with Crippen molar-refractivity contribution in [1.29, 1.82) is 0 Å². The van der Waals surface area contributed by atoms with Gasteiger partial charge < -0.3 is 58.3 Å². The van der Waals surface area contributed by atoms with Gasteiger partial charge in [0, 0.05) is 58.5 Å². The van der Waals surface area contributed by atoms with Gasteiger partial charge in [-0.3, -0.25) is 9.59 Å². The summed E-state index contributed by atoms with van der Waals surface area (Å²) >= 11 is 0. The quantitative estimate of drug-likeness (QED) is 0.0419. The topological polar surface area (TPSA) is 229 Å². The number of aliphatic hydroxyl groups is 3. The van der Waals surface area contributed by atoms with Crippen LogP contribution in [0.3, 0.4) is 0 Å². The fraction of sp³-hybridized carbons (Fsp3) is 0.780. The standard InChI is InChI=1S/C59H98N2O15Si/c1-14-77(15-2,16-3)76-54-42(9)31-39(6)48(63)35-50(40(7)32-44-26-28-47(62)51(33-44)71-12)74-58(68)46-24-20-21-29-61(46)57(67)56(66)59(69)43(10)25-27-45(75-59)34-49(70-11)38(5)23-19-17-18-22-37(4)30-41(8)53(55(54)72-13)60-73-36-52(64)65/h17-19,22-23,31,37,39-41,43-51,54-55,62-63,69H,14-16,20-21,24-30,32-36H2,1-13H3,(H,64,65)/b19-17+,22-18+,38-23+,42-31+,60-53-/t37-,39-,40-,41-,43-,44+,45+,46+,47-,48-,49+,50+,51-,54-,55+,59-/m1/s1. The van der Waals surface area contributed by atoms with E-state index in [1.54, 1.807) is 28.3 Å². The molecule has 77 heavy (non-hydrogen) atoms. The number of carbonyl (C=O) groups is 4. The predicted molar refractivity (Wildman–Crippen MR) is 298 cm³/mol. The van der Waals surface area contributed by atoms with Gasteiger partial charge in [-0.05, 0) is 125 Å². The zero-order chi connectivity index (χ0) is 57.2. The number of carboxylic acids is 1. The van der Waals surface area contributed by atoms with Crippen molar-refractivity contribution in [2.24, 2.45) is 40.7 Å². The number of methoxy groups -OCH3 is 3. The van der Waals surface area contributed by atoms with E-state index in [0.717, 1.165) is 35.7 Å². The molecule has 18 heteroatoms. The van der Waals surface area contributed by atoms with Crippen molar-refractivity contribution in [3.8, 4) is 0 Å². The monoisotopic (exact) mass is 1100 g/mol. The maximum absolute atomic E-state index is 14.7. The highest BCUT2D eigenvalue weighted by Gasteiger charge is 2.53. The molecular weight excluding hydrogens is 1000 g/mol. The molecule has 438 valence electrons. The summed E-state index contributed by atoms with van der Waals surface area (Å²) in [6, 6.07) is 1.36. The Bertz CT molecular complexity index is 2050. The van der Waals surface area contributed by atoms with Crippen LogP contribution in [0.4, 0.5) is 0 Å². The second-order valence-electron chi connectivity index (χ2n) is 22.9. The molecule has 3 heterocycles. The summed E-state index contributed by atoms with van der Waals surface area (Å²) in [5.74, 6) is -8.05. The number of cyclic esters (lactones) is 1. The van der Waals surface area contributed by atoms with E-state index in [1.165, 1.54) is 4.90 Å². The number of esters is 1. The van der Waals surface area contributed by atoms with Gasteiger partial charge in [0.25, 0.3) is 11.7 Å². The lowest BCUT2D eigenvalue weighted by atomic mass is 9.78. The Hall–Kier alpha value is -3.59. The first-order chi connectivity index (χ1) is 36.5. The van der Waals surface area contributed by atoms with E-state index >= 15 is 0 Å². The predicted octanol–water partition coefficient (Wildman–Crippen LogP) is 8.89. The molecule has 0 unspecified atom stereocenters. The molecule has 4 rings (SSSR count). The van der Waals surface area contributed by atoms with Gasteiger partial charge >= 0.3 is 11.9 Å². The number of hydrogen-bond acceptors (Lipinski definition) is 15. The number of oxime groups is 1.